The molecule has 0 aromatic carbocycles. The SMILES string of the molecule is CCN1CCCC1CN1C(=O)NC(=O)C(CC)(CC)C1=O. The number of nitrogens with one attached hydrogen (secondary N) is 1. The molecule has 6 nitrogen and oxygen atoms in total. The van der Waals surface area contributed by atoms with Crippen LogP contribution < -0.4 is 5.32 Å². The Balaban J connectivity index is 2.20. The van der Waals surface area contributed by atoms with Crippen molar-refractivity contribution in [2.45, 2.75) is 52.5 Å². The molecule has 1 atom stereocenters. The number of likely N-dealkylation sites (tertiary alicyclic amines) is 1. The van der Waals surface area contributed by atoms with Gasteiger partial charge in [-0.25, -0.2) is 4.79 Å². The summed E-state index contributed by atoms with van der Waals surface area (Å²) >= 11 is 0. The van der Waals surface area contributed by atoms with E-state index in [9.17, 15) is 14.4 Å². The standard InChI is InChI=1S/C15H25N3O3/c1-4-15(5-2)12(19)16-14(21)18(13(15)20)10-11-8-7-9-17(11)6-3/h11H,4-10H2,1-3H3,(H,16,19,21). The zero-order valence-electron chi connectivity index (χ0n) is 13.1. The van der Waals surface area contributed by atoms with Crippen molar-refractivity contribution in [3.63, 3.8) is 0 Å². The Labute approximate surface area is 125 Å². The highest BCUT2D eigenvalue weighted by molar-refractivity contribution is 6.19. The molecule has 0 bridgehead atoms. The minimum absolute atomic E-state index is 0.212. The lowest BCUT2D eigenvalue weighted by Crippen LogP contribution is -2.65. The molecule has 0 saturated carbocycles. The minimum Gasteiger partial charge on any atom is -0.299 e. The van der Waals surface area contributed by atoms with Crippen LogP contribution in [0.15, 0.2) is 0 Å². The Kier molecular flexibility index (Phi) is 4.66. The van der Waals surface area contributed by atoms with Gasteiger partial charge in [-0.05, 0) is 38.8 Å². The summed E-state index contributed by atoms with van der Waals surface area (Å²) in [6, 6.07) is -0.352. The number of carbonyl (C=O) groups excluding carboxylic acids is 3. The van der Waals surface area contributed by atoms with E-state index < -0.39 is 17.4 Å². The molecular weight excluding hydrogens is 270 g/mol. The maximum Gasteiger partial charge on any atom is 0.330 e. The quantitative estimate of drug-likeness (QED) is 0.777. The fraction of sp³-hybridized carbons (Fsp3) is 0.800. The van der Waals surface area contributed by atoms with Crippen molar-refractivity contribution in [1.29, 1.82) is 0 Å². The predicted molar refractivity (Wildman–Crippen MR) is 78.5 cm³/mol. The molecule has 2 heterocycles. The van der Waals surface area contributed by atoms with E-state index in [1.807, 2.05) is 13.8 Å². The van der Waals surface area contributed by atoms with E-state index >= 15 is 0 Å². The van der Waals surface area contributed by atoms with Crippen LogP contribution in [0.4, 0.5) is 4.79 Å². The third kappa shape index (κ3) is 2.57. The third-order valence-corrected chi connectivity index (χ3v) is 5.06. The molecule has 2 saturated heterocycles. The van der Waals surface area contributed by atoms with Crippen molar-refractivity contribution in [2.75, 3.05) is 19.6 Å². The van der Waals surface area contributed by atoms with E-state index in [1.54, 1.807) is 0 Å². The van der Waals surface area contributed by atoms with Crippen molar-refractivity contribution in [3.05, 3.63) is 0 Å². The van der Waals surface area contributed by atoms with Crippen molar-refractivity contribution < 1.29 is 14.4 Å². The van der Waals surface area contributed by atoms with Crippen LogP contribution in [0.5, 0.6) is 0 Å². The maximum absolute atomic E-state index is 12.7. The van der Waals surface area contributed by atoms with E-state index in [0.717, 1.165) is 25.9 Å². The predicted octanol–water partition coefficient (Wildman–Crippen LogP) is 1.36. The summed E-state index contributed by atoms with van der Waals surface area (Å²) in [7, 11) is 0. The molecule has 0 radical (unpaired) electrons. The van der Waals surface area contributed by atoms with Crippen LogP contribution in [0.25, 0.3) is 0 Å². The number of hydrogen-bond donors (Lipinski definition) is 1. The number of likely N-dealkylation sites (N-methyl/N-ethyl adjacent to an activating group) is 1. The smallest absolute Gasteiger partial charge is 0.299 e. The summed E-state index contributed by atoms with van der Waals surface area (Å²) in [4.78, 5) is 40.5. The Morgan fingerprint density at radius 3 is 2.43 bits per heavy atom. The zero-order chi connectivity index (χ0) is 15.6. The fourth-order valence-electron chi connectivity index (χ4n) is 3.50. The van der Waals surface area contributed by atoms with E-state index in [0.29, 0.717) is 19.4 Å². The average Bonchev–Trinajstić information content (AvgIpc) is 2.92. The van der Waals surface area contributed by atoms with Gasteiger partial charge >= 0.3 is 6.03 Å². The first-order chi connectivity index (χ1) is 10.00. The molecule has 2 rings (SSSR count). The first-order valence-electron chi connectivity index (χ1n) is 7.91. The lowest BCUT2D eigenvalue weighted by Gasteiger charge is -2.40. The number of urea groups is 1. The monoisotopic (exact) mass is 295 g/mol. The van der Waals surface area contributed by atoms with Crippen molar-refractivity contribution in [2.24, 2.45) is 5.41 Å². The van der Waals surface area contributed by atoms with Crippen LogP contribution in [0.2, 0.25) is 0 Å². The second kappa shape index (κ2) is 6.13. The topological polar surface area (TPSA) is 69.7 Å². The van der Waals surface area contributed by atoms with Crippen LogP contribution in [0, 0.1) is 5.41 Å². The molecular formula is C15H25N3O3. The fourth-order valence-corrected chi connectivity index (χ4v) is 3.50. The molecule has 2 fully saturated rings. The second-order valence-electron chi connectivity index (χ2n) is 5.89. The van der Waals surface area contributed by atoms with E-state index in [2.05, 4.69) is 17.1 Å². The molecule has 0 aromatic rings. The molecule has 2 aliphatic heterocycles. The molecule has 1 N–H and O–H groups in total. The highest BCUT2D eigenvalue weighted by Crippen LogP contribution is 2.33. The minimum atomic E-state index is -1.08. The van der Waals surface area contributed by atoms with Gasteiger partial charge < -0.3 is 0 Å². The summed E-state index contributed by atoms with van der Waals surface area (Å²) < 4.78 is 0. The number of imide groups is 2. The molecule has 0 aliphatic carbocycles. The maximum atomic E-state index is 12.7. The summed E-state index contributed by atoms with van der Waals surface area (Å²) in [5.74, 6) is -0.776. The van der Waals surface area contributed by atoms with Gasteiger partial charge in [-0.1, -0.05) is 20.8 Å². The van der Waals surface area contributed by atoms with Gasteiger partial charge in [-0.15, -0.1) is 0 Å². The van der Waals surface area contributed by atoms with Gasteiger partial charge in [-0.2, -0.15) is 0 Å². The van der Waals surface area contributed by atoms with Crippen LogP contribution in [0.1, 0.15) is 46.5 Å². The van der Waals surface area contributed by atoms with Gasteiger partial charge in [0.1, 0.15) is 5.41 Å². The van der Waals surface area contributed by atoms with Gasteiger partial charge in [0.15, 0.2) is 0 Å². The highest BCUT2D eigenvalue weighted by Gasteiger charge is 2.51. The molecule has 6 heteroatoms. The normalized spacial score (nSPS) is 26.3. The van der Waals surface area contributed by atoms with E-state index in [1.165, 1.54) is 4.90 Å². The first kappa shape index (κ1) is 15.9. The molecule has 21 heavy (non-hydrogen) atoms. The first-order valence-corrected chi connectivity index (χ1v) is 7.91. The largest absolute Gasteiger partial charge is 0.330 e. The van der Waals surface area contributed by atoms with Crippen molar-refractivity contribution in [1.82, 2.24) is 15.1 Å². The van der Waals surface area contributed by atoms with Gasteiger partial charge in [0, 0.05) is 12.6 Å². The molecule has 0 aromatic heterocycles. The number of rotatable bonds is 5. The Bertz CT molecular complexity index is 445. The summed E-state index contributed by atoms with van der Waals surface area (Å²) in [6.45, 7) is 8.04. The molecule has 0 spiro atoms. The van der Waals surface area contributed by atoms with Crippen LogP contribution in [-0.2, 0) is 9.59 Å². The Morgan fingerprint density at radius 1 is 1.19 bits per heavy atom. The van der Waals surface area contributed by atoms with Gasteiger partial charge in [0.25, 0.3) is 0 Å². The lowest BCUT2D eigenvalue weighted by molar-refractivity contribution is -0.152. The van der Waals surface area contributed by atoms with Crippen molar-refractivity contribution in [3.8, 4) is 0 Å². The number of hydrogen-bond acceptors (Lipinski definition) is 4. The Hall–Kier alpha value is -1.43. The van der Waals surface area contributed by atoms with Crippen LogP contribution >= 0.6 is 0 Å². The second-order valence-corrected chi connectivity index (χ2v) is 5.89. The molecule has 118 valence electrons. The number of amides is 4. The highest BCUT2D eigenvalue weighted by atomic mass is 16.2. The number of carbonyl (C=O) groups is 3. The van der Waals surface area contributed by atoms with Gasteiger partial charge in [0.2, 0.25) is 11.8 Å². The summed E-state index contributed by atoms with van der Waals surface area (Å²) in [6.07, 6.45) is 2.91. The number of nitrogens with zero attached hydrogens (tertiary/aromatic N) is 2. The third-order valence-electron chi connectivity index (χ3n) is 5.06. The lowest BCUT2D eigenvalue weighted by atomic mass is 9.78. The molecule has 2 aliphatic rings. The number of barbiturate groups is 1. The van der Waals surface area contributed by atoms with Crippen LogP contribution in [-0.4, -0.2) is 53.3 Å². The van der Waals surface area contributed by atoms with Gasteiger partial charge in [0.05, 0.1) is 0 Å². The van der Waals surface area contributed by atoms with E-state index in [-0.39, 0.29) is 11.9 Å². The Morgan fingerprint density at radius 2 is 1.86 bits per heavy atom. The average molecular weight is 295 g/mol. The molecule has 4 amide bonds. The van der Waals surface area contributed by atoms with Crippen molar-refractivity contribution >= 4 is 17.8 Å². The van der Waals surface area contributed by atoms with E-state index in [4.69, 9.17) is 0 Å². The van der Waals surface area contributed by atoms with Crippen LogP contribution in [0.3, 0.4) is 0 Å². The van der Waals surface area contributed by atoms with Gasteiger partial charge in [-0.3, -0.25) is 24.7 Å². The summed E-state index contributed by atoms with van der Waals surface area (Å²) in [5.41, 5.74) is -1.08. The molecule has 1 unspecified atom stereocenters. The zero-order valence-corrected chi connectivity index (χ0v) is 13.1. The summed E-state index contributed by atoms with van der Waals surface area (Å²) in [5, 5.41) is 2.37.